The van der Waals surface area contributed by atoms with Crippen LogP contribution in [0.3, 0.4) is 0 Å². The van der Waals surface area contributed by atoms with Crippen molar-refractivity contribution >= 4 is 21.6 Å². The van der Waals surface area contributed by atoms with Gasteiger partial charge in [0.2, 0.25) is 10.0 Å². The van der Waals surface area contributed by atoms with Crippen molar-refractivity contribution in [3.8, 4) is 0 Å². The van der Waals surface area contributed by atoms with Gasteiger partial charge in [0, 0.05) is 12.0 Å². The fraction of sp³-hybridized carbons (Fsp3) is 0.167. The molecule has 0 bridgehead atoms. The third kappa shape index (κ3) is 3.25. The van der Waals surface area contributed by atoms with Gasteiger partial charge in [-0.15, -0.1) is 0 Å². The Bertz CT molecular complexity index is 910. The number of cyclic esters (lactones) is 1. The first-order chi connectivity index (χ1) is 11.4. The molecular weight excluding hydrogens is 326 g/mol. The molecule has 0 aromatic heterocycles. The lowest BCUT2D eigenvalue weighted by Crippen LogP contribution is -2.12. The van der Waals surface area contributed by atoms with Crippen LogP contribution < -0.4 is 5.14 Å². The van der Waals surface area contributed by atoms with Crippen molar-refractivity contribution in [3.05, 3.63) is 70.8 Å². The maximum Gasteiger partial charge on any atom is 0.334 e. The van der Waals surface area contributed by atoms with E-state index >= 15 is 0 Å². The van der Waals surface area contributed by atoms with Gasteiger partial charge in [0.25, 0.3) is 0 Å². The summed E-state index contributed by atoms with van der Waals surface area (Å²) in [6.07, 6.45) is 0.527. The van der Waals surface area contributed by atoms with Crippen LogP contribution in [0.15, 0.2) is 59.0 Å². The maximum atomic E-state index is 12.1. The minimum Gasteiger partial charge on any atom is -0.462 e. The largest absolute Gasteiger partial charge is 0.462 e. The van der Waals surface area contributed by atoms with Crippen LogP contribution in [0.25, 0.3) is 5.57 Å². The molecule has 24 heavy (non-hydrogen) atoms. The van der Waals surface area contributed by atoms with E-state index < -0.39 is 10.0 Å². The van der Waals surface area contributed by atoms with Crippen LogP contribution in [0.1, 0.15) is 23.1 Å². The van der Waals surface area contributed by atoms with Gasteiger partial charge in [0.1, 0.15) is 0 Å². The zero-order valence-electron chi connectivity index (χ0n) is 13.2. The summed E-state index contributed by atoms with van der Waals surface area (Å²) < 4.78 is 27.9. The Balaban J connectivity index is 2.16. The van der Waals surface area contributed by atoms with Gasteiger partial charge in [-0.25, -0.2) is 18.4 Å². The van der Waals surface area contributed by atoms with Crippen LogP contribution in [-0.2, 0) is 19.6 Å². The van der Waals surface area contributed by atoms with E-state index in [1.54, 1.807) is 12.1 Å². The number of carbonyl (C=O) groups excluding carboxylic acids is 1. The summed E-state index contributed by atoms with van der Waals surface area (Å²) >= 11 is 0. The molecule has 0 aliphatic carbocycles. The van der Waals surface area contributed by atoms with Crippen molar-refractivity contribution in [3.63, 3.8) is 0 Å². The Hall–Kier alpha value is -2.44. The molecule has 0 spiro atoms. The molecule has 1 aliphatic rings. The van der Waals surface area contributed by atoms with Crippen molar-refractivity contribution in [2.24, 2.45) is 5.14 Å². The lowest BCUT2D eigenvalue weighted by molar-refractivity contribution is -0.135. The highest BCUT2D eigenvalue weighted by Crippen LogP contribution is 2.32. The number of sulfonamides is 1. The fourth-order valence-electron chi connectivity index (χ4n) is 2.71. The number of hydrogen-bond donors (Lipinski definition) is 1. The van der Waals surface area contributed by atoms with E-state index in [0.717, 1.165) is 22.3 Å². The van der Waals surface area contributed by atoms with Gasteiger partial charge in [-0.1, -0.05) is 42.0 Å². The highest BCUT2D eigenvalue weighted by atomic mass is 32.2. The molecule has 2 N–H and O–H groups in total. The van der Waals surface area contributed by atoms with E-state index in [9.17, 15) is 13.2 Å². The average Bonchev–Trinajstić information content (AvgIpc) is 2.95. The second kappa shape index (κ2) is 6.22. The van der Waals surface area contributed by atoms with Gasteiger partial charge in [-0.2, -0.15) is 0 Å². The first kappa shape index (κ1) is 16.4. The number of primary sulfonamides is 1. The van der Waals surface area contributed by atoms with Crippen molar-refractivity contribution in [2.75, 3.05) is 6.61 Å². The standard InChI is InChI=1S/C18H17NO4S/c1-12-2-4-13(5-3-12)17(16-10-11-23-18(16)20)14-6-8-15(9-7-14)24(19,21)22/h2-9H,10-11H2,1H3,(H2,19,21,22)/b17-16+. The van der Waals surface area contributed by atoms with Crippen molar-refractivity contribution in [1.29, 1.82) is 0 Å². The second-order valence-electron chi connectivity index (χ2n) is 5.67. The number of aryl methyl sites for hydroxylation is 1. The van der Waals surface area contributed by atoms with Crippen molar-refractivity contribution in [1.82, 2.24) is 0 Å². The van der Waals surface area contributed by atoms with Crippen molar-refractivity contribution < 1.29 is 17.9 Å². The quantitative estimate of drug-likeness (QED) is 0.685. The Morgan fingerprint density at radius 2 is 1.54 bits per heavy atom. The molecule has 1 heterocycles. The van der Waals surface area contributed by atoms with E-state index in [1.165, 1.54) is 12.1 Å². The number of hydrogen-bond acceptors (Lipinski definition) is 4. The van der Waals surface area contributed by atoms with Gasteiger partial charge >= 0.3 is 5.97 Å². The van der Waals surface area contributed by atoms with E-state index in [4.69, 9.17) is 9.88 Å². The molecule has 0 amide bonds. The Labute approximate surface area is 140 Å². The molecule has 2 aromatic rings. The van der Waals surface area contributed by atoms with Crippen LogP contribution in [0, 0.1) is 6.92 Å². The molecule has 1 fully saturated rings. The molecule has 0 saturated carbocycles. The molecule has 3 rings (SSSR count). The molecule has 0 unspecified atom stereocenters. The van der Waals surface area contributed by atoms with Gasteiger partial charge in [0.15, 0.2) is 0 Å². The van der Waals surface area contributed by atoms with Crippen LogP contribution in [0.2, 0.25) is 0 Å². The predicted molar refractivity (Wildman–Crippen MR) is 90.6 cm³/mol. The molecule has 5 nitrogen and oxygen atoms in total. The van der Waals surface area contributed by atoms with Crippen LogP contribution in [-0.4, -0.2) is 21.0 Å². The number of benzene rings is 2. The lowest BCUT2D eigenvalue weighted by atomic mass is 9.92. The third-order valence-electron chi connectivity index (χ3n) is 3.95. The SMILES string of the molecule is Cc1ccc(/C(=C2/CCOC2=O)c2ccc(S(N)(=O)=O)cc2)cc1. The van der Waals surface area contributed by atoms with Crippen LogP contribution in [0.5, 0.6) is 0 Å². The summed E-state index contributed by atoms with van der Waals surface area (Å²) in [6.45, 7) is 2.35. The molecule has 1 aliphatic heterocycles. The van der Waals surface area contributed by atoms with Gasteiger partial charge < -0.3 is 4.74 Å². The highest BCUT2D eigenvalue weighted by molar-refractivity contribution is 7.89. The number of rotatable bonds is 3. The highest BCUT2D eigenvalue weighted by Gasteiger charge is 2.25. The molecule has 124 valence electrons. The second-order valence-corrected chi connectivity index (χ2v) is 7.24. The first-order valence-corrected chi connectivity index (χ1v) is 9.01. The number of esters is 1. The summed E-state index contributed by atoms with van der Waals surface area (Å²) in [5.74, 6) is -0.332. The zero-order valence-corrected chi connectivity index (χ0v) is 14.0. The van der Waals surface area contributed by atoms with Crippen molar-refractivity contribution in [2.45, 2.75) is 18.2 Å². The summed E-state index contributed by atoms with van der Waals surface area (Å²) in [7, 11) is -3.75. The monoisotopic (exact) mass is 343 g/mol. The zero-order chi connectivity index (χ0) is 17.3. The lowest BCUT2D eigenvalue weighted by Gasteiger charge is -2.12. The molecule has 0 atom stereocenters. The van der Waals surface area contributed by atoms with E-state index in [2.05, 4.69) is 0 Å². The average molecular weight is 343 g/mol. The Kier molecular flexibility index (Phi) is 4.26. The van der Waals surface area contributed by atoms with Crippen LogP contribution in [0.4, 0.5) is 0 Å². The summed E-state index contributed by atoms with van der Waals surface area (Å²) in [6, 6.07) is 14.0. The topological polar surface area (TPSA) is 86.5 Å². The molecule has 6 heteroatoms. The third-order valence-corrected chi connectivity index (χ3v) is 4.87. The number of ether oxygens (including phenoxy) is 1. The smallest absolute Gasteiger partial charge is 0.334 e. The Morgan fingerprint density at radius 3 is 2.00 bits per heavy atom. The number of carbonyl (C=O) groups is 1. The summed E-state index contributed by atoms with van der Waals surface area (Å²) in [5.41, 5.74) is 4.11. The van der Waals surface area contributed by atoms with E-state index in [-0.39, 0.29) is 10.9 Å². The Morgan fingerprint density at radius 1 is 1.00 bits per heavy atom. The fourth-order valence-corrected chi connectivity index (χ4v) is 3.22. The normalized spacial score (nSPS) is 16.8. The van der Waals surface area contributed by atoms with Gasteiger partial charge in [0.05, 0.1) is 11.5 Å². The molecule has 0 radical (unpaired) electrons. The number of nitrogens with two attached hydrogens (primary N) is 1. The summed E-state index contributed by atoms with van der Waals surface area (Å²) in [4.78, 5) is 12.1. The maximum absolute atomic E-state index is 12.1. The minimum atomic E-state index is -3.75. The van der Waals surface area contributed by atoms with E-state index in [1.807, 2.05) is 31.2 Å². The van der Waals surface area contributed by atoms with Gasteiger partial charge in [-0.05, 0) is 35.8 Å². The molecular formula is C18H17NO4S. The van der Waals surface area contributed by atoms with E-state index in [0.29, 0.717) is 18.6 Å². The van der Waals surface area contributed by atoms with Gasteiger partial charge in [-0.3, -0.25) is 0 Å². The molecule has 2 aromatic carbocycles. The minimum absolute atomic E-state index is 0.0357. The predicted octanol–water partition coefficient (Wildman–Crippen LogP) is 2.39. The summed E-state index contributed by atoms with van der Waals surface area (Å²) in [5, 5.41) is 5.14. The van der Waals surface area contributed by atoms with Crippen LogP contribution >= 0.6 is 0 Å². The molecule has 1 saturated heterocycles. The first-order valence-electron chi connectivity index (χ1n) is 7.47.